The summed E-state index contributed by atoms with van der Waals surface area (Å²) in [7, 11) is 0. The number of rotatable bonds is 9. The maximum atomic E-state index is 13.7. The molecular weight excluding hydrogens is 419 g/mol. The van der Waals surface area contributed by atoms with Crippen LogP contribution in [0.5, 0.6) is 5.75 Å². The Balaban J connectivity index is 1.86. The molecule has 0 fully saturated rings. The summed E-state index contributed by atoms with van der Waals surface area (Å²) in [6, 6.07) is 11.0. The Bertz CT molecular complexity index is 1120. The summed E-state index contributed by atoms with van der Waals surface area (Å²) in [5.74, 6) is -0.612. The summed E-state index contributed by atoms with van der Waals surface area (Å²) in [6.07, 6.45) is 3.22. The van der Waals surface area contributed by atoms with Gasteiger partial charge >= 0.3 is 5.97 Å². The van der Waals surface area contributed by atoms with Crippen molar-refractivity contribution in [3.8, 4) is 5.75 Å². The molecule has 1 heterocycles. The van der Waals surface area contributed by atoms with Gasteiger partial charge < -0.3 is 14.0 Å². The molecule has 0 spiro atoms. The molecule has 6 nitrogen and oxygen atoms in total. The molecule has 3 rings (SSSR count). The monoisotopic (exact) mass is 444 g/mol. The van der Waals surface area contributed by atoms with Crippen molar-refractivity contribution in [2.75, 3.05) is 13.2 Å². The van der Waals surface area contributed by atoms with Gasteiger partial charge in [-0.15, -0.1) is 0 Å². The highest BCUT2D eigenvalue weighted by molar-refractivity contribution is 7.16. The standard InChI is InChI=1S/C23H25FN2O4S/c1-3-5-6-13-30-18-10-7-16(8-11-18)22(28)25-23-26(15-21(27)29-4-2)19-12-9-17(24)14-20(19)31-23/h7-12,14H,3-6,13,15H2,1-2H3. The van der Waals surface area contributed by atoms with Crippen LogP contribution in [-0.2, 0) is 16.1 Å². The van der Waals surface area contributed by atoms with Crippen molar-refractivity contribution in [1.29, 1.82) is 0 Å². The van der Waals surface area contributed by atoms with Crippen LogP contribution in [0.1, 0.15) is 43.5 Å². The predicted octanol–water partition coefficient (Wildman–Crippen LogP) is 4.72. The number of hydrogen-bond acceptors (Lipinski definition) is 5. The minimum Gasteiger partial charge on any atom is -0.494 e. The highest BCUT2D eigenvalue weighted by atomic mass is 32.1. The molecule has 8 heteroatoms. The maximum Gasteiger partial charge on any atom is 0.326 e. The smallest absolute Gasteiger partial charge is 0.326 e. The largest absolute Gasteiger partial charge is 0.494 e. The Morgan fingerprint density at radius 3 is 2.58 bits per heavy atom. The average Bonchev–Trinajstić information content (AvgIpc) is 3.07. The lowest BCUT2D eigenvalue weighted by molar-refractivity contribution is -0.143. The van der Waals surface area contributed by atoms with Gasteiger partial charge in [0.25, 0.3) is 5.91 Å². The van der Waals surface area contributed by atoms with E-state index in [9.17, 15) is 14.0 Å². The number of aromatic nitrogens is 1. The van der Waals surface area contributed by atoms with Gasteiger partial charge in [-0.3, -0.25) is 9.59 Å². The molecule has 2 aromatic carbocycles. The van der Waals surface area contributed by atoms with Gasteiger partial charge in [0.2, 0.25) is 0 Å². The van der Waals surface area contributed by atoms with Crippen LogP contribution in [0.3, 0.4) is 0 Å². The highest BCUT2D eigenvalue weighted by Gasteiger charge is 2.13. The molecule has 1 aromatic heterocycles. The molecule has 0 atom stereocenters. The molecule has 3 aromatic rings. The Morgan fingerprint density at radius 1 is 1.10 bits per heavy atom. The molecule has 0 saturated heterocycles. The summed E-state index contributed by atoms with van der Waals surface area (Å²) < 4.78 is 26.5. The quantitative estimate of drug-likeness (QED) is 0.354. The van der Waals surface area contributed by atoms with Crippen molar-refractivity contribution in [2.45, 2.75) is 39.7 Å². The summed E-state index contributed by atoms with van der Waals surface area (Å²) in [4.78, 5) is 29.3. The Labute approximate surface area is 184 Å². The third-order valence-electron chi connectivity index (χ3n) is 4.55. The van der Waals surface area contributed by atoms with Crippen LogP contribution in [-0.4, -0.2) is 29.7 Å². The molecular formula is C23H25FN2O4S. The van der Waals surface area contributed by atoms with E-state index in [-0.39, 0.29) is 13.2 Å². The van der Waals surface area contributed by atoms with Gasteiger partial charge in [-0.2, -0.15) is 4.99 Å². The van der Waals surface area contributed by atoms with Crippen molar-refractivity contribution in [3.63, 3.8) is 0 Å². The molecule has 0 aliphatic rings. The number of benzene rings is 2. The summed E-state index contributed by atoms with van der Waals surface area (Å²) in [6.45, 7) is 4.62. The zero-order chi connectivity index (χ0) is 22.2. The van der Waals surface area contributed by atoms with Crippen molar-refractivity contribution in [1.82, 2.24) is 4.57 Å². The summed E-state index contributed by atoms with van der Waals surface area (Å²) in [5, 5.41) is 0. The second kappa shape index (κ2) is 10.9. The number of carbonyl (C=O) groups is 2. The van der Waals surface area contributed by atoms with Gasteiger partial charge in [0.1, 0.15) is 18.1 Å². The molecule has 0 radical (unpaired) electrons. The molecule has 31 heavy (non-hydrogen) atoms. The first-order valence-electron chi connectivity index (χ1n) is 10.3. The number of carbonyl (C=O) groups excluding carboxylic acids is 2. The van der Waals surface area contributed by atoms with E-state index in [1.54, 1.807) is 41.8 Å². The lowest BCUT2D eigenvalue weighted by atomic mass is 10.2. The van der Waals surface area contributed by atoms with Crippen LogP contribution in [0.25, 0.3) is 10.2 Å². The van der Waals surface area contributed by atoms with Gasteiger partial charge in [-0.1, -0.05) is 31.1 Å². The first-order chi connectivity index (χ1) is 15.0. The Kier molecular flexibility index (Phi) is 7.94. The second-order valence-electron chi connectivity index (χ2n) is 6.88. The minimum atomic E-state index is -0.456. The fourth-order valence-corrected chi connectivity index (χ4v) is 4.06. The first kappa shape index (κ1) is 22.7. The van der Waals surface area contributed by atoms with E-state index >= 15 is 0 Å². The fourth-order valence-electron chi connectivity index (χ4n) is 3.01. The number of halogens is 1. The normalized spacial score (nSPS) is 11.6. The molecule has 0 N–H and O–H groups in total. The number of thiazole rings is 1. The summed E-state index contributed by atoms with van der Waals surface area (Å²) >= 11 is 1.14. The number of unbranched alkanes of at least 4 members (excludes halogenated alkanes) is 2. The van der Waals surface area contributed by atoms with Crippen LogP contribution in [0.2, 0.25) is 0 Å². The second-order valence-corrected chi connectivity index (χ2v) is 7.89. The summed E-state index contributed by atoms with van der Waals surface area (Å²) in [5.41, 5.74) is 1.01. The van der Waals surface area contributed by atoms with Crippen LogP contribution in [0, 0.1) is 5.82 Å². The van der Waals surface area contributed by atoms with Crippen molar-refractivity contribution < 1.29 is 23.5 Å². The SMILES string of the molecule is CCCCCOc1ccc(C(=O)N=c2sc3cc(F)ccc3n2CC(=O)OCC)cc1. The van der Waals surface area contributed by atoms with E-state index in [4.69, 9.17) is 9.47 Å². The number of ether oxygens (including phenoxy) is 2. The number of esters is 1. The molecule has 0 aliphatic carbocycles. The highest BCUT2D eigenvalue weighted by Crippen LogP contribution is 2.19. The van der Waals surface area contributed by atoms with Crippen molar-refractivity contribution in [3.05, 3.63) is 58.6 Å². The van der Waals surface area contributed by atoms with Gasteiger partial charge in [0.15, 0.2) is 4.80 Å². The number of amides is 1. The lowest BCUT2D eigenvalue weighted by Crippen LogP contribution is -2.23. The van der Waals surface area contributed by atoms with E-state index in [0.717, 1.165) is 30.6 Å². The van der Waals surface area contributed by atoms with Crippen LogP contribution in [0.15, 0.2) is 47.5 Å². The molecule has 0 aliphatic heterocycles. The topological polar surface area (TPSA) is 69.9 Å². The van der Waals surface area contributed by atoms with E-state index in [1.807, 2.05) is 0 Å². The Hall–Kier alpha value is -3.00. The fraction of sp³-hybridized carbons (Fsp3) is 0.348. The van der Waals surface area contributed by atoms with Gasteiger partial charge in [-0.25, -0.2) is 4.39 Å². The van der Waals surface area contributed by atoms with Crippen LogP contribution < -0.4 is 9.54 Å². The number of fused-ring (bicyclic) bond motifs is 1. The minimum absolute atomic E-state index is 0.115. The first-order valence-corrected chi connectivity index (χ1v) is 11.1. The van der Waals surface area contributed by atoms with Crippen molar-refractivity contribution in [2.24, 2.45) is 4.99 Å². The van der Waals surface area contributed by atoms with Gasteiger partial charge in [-0.05, 0) is 55.8 Å². The van der Waals surface area contributed by atoms with Gasteiger partial charge in [0, 0.05) is 5.56 Å². The van der Waals surface area contributed by atoms with E-state index in [1.165, 1.54) is 12.1 Å². The zero-order valence-corrected chi connectivity index (χ0v) is 18.4. The number of hydrogen-bond donors (Lipinski definition) is 0. The van der Waals surface area contributed by atoms with Gasteiger partial charge in [0.05, 0.1) is 23.4 Å². The molecule has 0 bridgehead atoms. The van der Waals surface area contributed by atoms with E-state index < -0.39 is 17.7 Å². The van der Waals surface area contributed by atoms with Crippen LogP contribution in [0.4, 0.5) is 4.39 Å². The molecule has 164 valence electrons. The van der Waals surface area contributed by atoms with E-state index in [0.29, 0.717) is 32.9 Å². The number of nitrogens with zero attached hydrogens (tertiary/aromatic N) is 2. The average molecular weight is 445 g/mol. The maximum absolute atomic E-state index is 13.7. The molecule has 1 amide bonds. The Morgan fingerprint density at radius 2 is 1.87 bits per heavy atom. The third kappa shape index (κ3) is 6.01. The van der Waals surface area contributed by atoms with Crippen molar-refractivity contribution >= 4 is 33.4 Å². The lowest BCUT2D eigenvalue weighted by Gasteiger charge is -2.06. The molecule has 0 unspecified atom stereocenters. The zero-order valence-electron chi connectivity index (χ0n) is 17.6. The predicted molar refractivity (Wildman–Crippen MR) is 118 cm³/mol. The third-order valence-corrected chi connectivity index (χ3v) is 5.59. The van der Waals surface area contributed by atoms with E-state index in [2.05, 4.69) is 11.9 Å². The van der Waals surface area contributed by atoms with Crippen LogP contribution >= 0.6 is 11.3 Å². The molecule has 0 saturated carbocycles.